The predicted molar refractivity (Wildman–Crippen MR) is 101 cm³/mol. The third kappa shape index (κ3) is 5.59. The highest BCUT2D eigenvalue weighted by molar-refractivity contribution is 5.74. The molecule has 132 valence electrons. The van der Waals surface area contributed by atoms with Crippen molar-refractivity contribution in [2.75, 3.05) is 6.54 Å². The smallest absolute Gasteiger partial charge is 0.315 e. The van der Waals surface area contributed by atoms with Gasteiger partial charge in [-0.15, -0.1) is 0 Å². The number of urea groups is 1. The Balaban J connectivity index is 1.42. The molecule has 0 bridgehead atoms. The highest BCUT2D eigenvalue weighted by atomic mass is 16.2. The summed E-state index contributed by atoms with van der Waals surface area (Å²) in [6.45, 7) is 1.61. The molecule has 1 heterocycles. The number of hydrogen-bond acceptors (Lipinski definition) is 3. The van der Waals surface area contributed by atoms with Crippen molar-refractivity contribution >= 4 is 12.1 Å². The molecule has 0 aliphatic rings. The molecule has 3 aromatic rings. The molecule has 0 saturated carbocycles. The Bertz CT molecular complexity index is 844. The first-order chi connectivity index (χ1) is 12.8. The zero-order chi connectivity index (χ0) is 18.0. The molecule has 2 amide bonds. The van der Waals surface area contributed by atoms with Crippen LogP contribution in [0.2, 0.25) is 0 Å². The fourth-order valence-electron chi connectivity index (χ4n) is 2.50. The predicted octanol–water partition coefficient (Wildman–Crippen LogP) is 2.84. The molecule has 0 spiro atoms. The van der Waals surface area contributed by atoms with E-state index in [1.54, 1.807) is 11.0 Å². The quantitative estimate of drug-likeness (QED) is 0.690. The molecule has 0 aliphatic carbocycles. The molecule has 0 aliphatic heterocycles. The number of carbonyl (C=O) groups is 1. The molecule has 0 atom stereocenters. The zero-order valence-electron chi connectivity index (χ0n) is 14.4. The van der Waals surface area contributed by atoms with Crippen molar-refractivity contribution in [3.8, 4) is 0 Å². The number of carbonyl (C=O) groups excluding carboxylic acids is 1. The van der Waals surface area contributed by atoms with Gasteiger partial charge in [-0.1, -0.05) is 66.7 Å². The van der Waals surface area contributed by atoms with E-state index in [2.05, 4.69) is 26.8 Å². The molecular weight excluding hydrogens is 326 g/mol. The lowest BCUT2D eigenvalue weighted by Crippen LogP contribution is -2.35. The minimum atomic E-state index is -0.190. The average Bonchev–Trinajstić information content (AvgIpc) is 3.18. The maximum atomic E-state index is 11.9. The van der Waals surface area contributed by atoms with Crippen LogP contribution >= 0.6 is 0 Å². The lowest BCUT2D eigenvalue weighted by atomic mass is 10.1. The minimum Gasteiger partial charge on any atom is -0.335 e. The standard InChI is InChI=1S/C20H21N5O/c26-20(22-11-5-10-17-6-2-1-3-7-17)23-13-18-8-4-9-19(12-18)14-25-16-21-15-24-25/h1-10,12,15-16H,11,13-14H2,(H2,22,23,26). The van der Waals surface area contributed by atoms with Gasteiger partial charge in [0.2, 0.25) is 0 Å². The fourth-order valence-corrected chi connectivity index (χ4v) is 2.50. The van der Waals surface area contributed by atoms with Crippen molar-refractivity contribution in [2.45, 2.75) is 13.1 Å². The van der Waals surface area contributed by atoms with Gasteiger partial charge in [0.05, 0.1) is 6.54 Å². The van der Waals surface area contributed by atoms with Crippen molar-refractivity contribution in [1.82, 2.24) is 25.4 Å². The van der Waals surface area contributed by atoms with Crippen molar-refractivity contribution in [2.24, 2.45) is 0 Å². The molecule has 6 heteroatoms. The summed E-state index contributed by atoms with van der Waals surface area (Å²) < 4.78 is 1.76. The highest BCUT2D eigenvalue weighted by Crippen LogP contribution is 2.06. The number of amides is 2. The molecule has 26 heavy (non-hydrogen) atoms. The summed E-state index contributed by atoms with van der Waals surface area (Å²) in [7, 11) is 0. The average molecular weight is 347 g/mol. The molecule has 2 aromatic carbocycles. The van der Waals surface area contributed by atoms with Gasteiger partial charge in [0.1, 0.15) is 12.7 Å². The molecule has 0 fully saturated rings. The Labute approximate surface area is 152 Å². The monoisotopic (exact) mass is 347 g/mol. The normalized spacial score (nSPS) is 10.8. The van der Waals surface area contributed by atoms with Gasteiger partial charge in [-0.3, -0.25) is 0 Å². The maximum Gasteiger partial charge on any atom is 0.315 e. The second-order valence-corrected chi connectivity index (χ2v) is 5.79. The van der Waals surface area contributed by atoms with E-state index in [1.165, 1.54) is 6.33 Å². The SMILES string of the molecule is O=C(NCC=Cc1ccccc1)NCc1cccc(Cn2cncn2)c1. The van der Waals surface area contributed by atoms with Gasteiger partial charge in [0.15, 0.2) is 0 Å². The largest absolute Gasteiger partial charge is 0.335 e. The van der Waals surface area contributed by atoms with Crippen molar-refractivity contribution in [3.63, 3.8) is 0 Å². The molecule has 0 unspecified atom stereocenters. The first-order valence-electron chi connectivity index (χ1n) is 8.43. The van der Waals surface area contributed by atoms with Crippen LogP contribution in [0.25, 0.3) is 6.08 Å². The lowest BCUT2D eigenvalue weighted by molar-refractivity contribution is 0.241. The van der Waals surface area contributed by atoms with Crippen LogP contribution in [-0.2, 0) is 13.1 Å². The number of aromatic nitrogens is 3. The van der Waals surface area contributed by atoms with Gasteiger partial charge in [-0.05, 0) is 16.7 Å². The third-order valence-corrected chi connectivity index (χ3v) is 3.75. The number of nitrogens with zero attached hydrogens (tertiary/aromatic N) is 3. The van der Waals surface area contributed by atoms with Crippen LogP contribution in [-0.4, -0.2) is 27.3 Å². The molecule has 0 radical (unpaired) electrons. The zero-order valence-corrected chi connectivity index (χ0v) is 14.4. The first kappa shape index (κ1) is 17.4. The van der Waals surface area contributed by atoms with Gasteiger partial charge >= 0.3 is 6.03 Å². The summed E-state index contributed by atoms with van der Waals surface area (Å²) in [6.07, 6.45) is 7.10. The molecule has 3 rings (SSSR count). The Kier molecular flexibility index (Phi) is 6.14. The maximum absolute atomic E-state index is 11.9. The second-order valence-electron chi connectivity index (χ2n) is 5.79. The van der Waals surface area contributed by atoms with E-state index in [4.69, 9.17) is 0 Å². The summed E-state index contributed by atoms with van der Waals surface area (Å²) in [6, 6.07) is 17.8. The van der Waals surface area contributed by atoms with Crippen LogP contribution in [0.15, 0.2) is 73.3 Å². The molecule has 0 saturated heterocycles. The summed E-state index contributed by atoms with van der Waals surface area (Å²) in [5, 5.41) is 9.78. The second kappa shape index (κ2) is 9.17. The van der Waals surface area contributed by atoms with Gasteiger partial charge in [-0.2, -0.15) is 5.10 Å². The Morgan fingerprint density at radius 2 is 1.88 bits per heavy atom. The molecule has 1 aromatic heterocycles. The highest BCUT2D eigenvalue weighted by Gasteiger charge is 2.01. The van der Waals surface area contributed by atoms with E-state index in [0.717, 1.165) is 16.7 Å². The first-order valence-corrected chi connectivity index (χ1v) is 8.43. The van der Waals surface area contributed by atoms with Crippen molar-refractivity contribution in [1.29, 1.82) is 0 Å². The van der Waals surface area contributed by atoms with Gasteiger partial charge in [0.25, 0.3) is 0 Å². The number of nitrogens with one attached hydrogen (secondary N) is 2. The summed E-state index contributed by atoms with van der Waals surface area (Å²) in [5.74, 6) is 0. The topological polar surface area (TPSA) is 71.8 Å². The van der Waals surface area contributed by atoms with Gasteiger partial charge in [-0.25, -0.2) is 14.5 Å². The van der Waals surface area contributed by atoms with Crippen LogP contribution in [0.4, 0.5) is 4.79 Å². The summed E-state index contributed by atoms with van der Waals surface area (Å²) in [5.41, 5.74) is 3.26. The summed E-state index contributed by atoms with van der Waals surface area (Å²) in [4.78, 5) is 15.8. The molecular formula is C20H21N5O. The van der Waals surface area contributed by atoms with E-state index >= 15 is 0 Å². The fraction of sp³-hybridized carbons (Fsp3) is 0.150. The van der Waals surface area contributed by atoms with Crippen LogP contribution in [0.1, 0.15) is 16.7 Å². The molecule has 2 N–H and O–H groups in total. The van der Waals surface area contributed by atoms with Crippen molar-refractivity contribution in [3.05, 3.63) is 90.0 Å². The summed E-state index contributed by atoms with van der Waals surface area (Å²) >= 11 is 0. The van der Waals surface area contributed by atoms with E-state index in [-0.39, 0.29) is 6.03 Å². The van der Waals surface area contributed by atoms with Crippen LogP contribution in [0.3, 0.4) is 0 Å². The van der Waals surface area contributed by atoms with E-state index < -0.39 is 0 Å². The van der Waals surface area contributed by atoms with Gasteiger partial charge in [0, 0.05) is 13.1 Å². The lowest BCUT2D eigenvalue weighted by Gasteiger charge is -2.08. The number of hydrogen-bond donors (Lipinski definition) is 2. The molecule has 6 nitrogen and oxygen atoms in total. The minimum absolute atomic E-state index is 0.190. The van der Waals surface area contributed by atoms with E-state index in [9.17, 15) is 4.79 Å². The Hall–Kier alpha value is -3.41. The van der Waals surface area contributed by atoms with Crippen molar-refractivity contribution < 1.29 is 4.79 Å². The Morgan fingerprint density at radius 3 is 2.69 bits per heavy atom. The van der Waals surface area contributed by atoms with Crippen LogP contribution in [0.5, 0.6) is 0 Å². The number of rotatable bonds is 7. The van der Waals surface area contributed by atoms with E-state index in [0.29, 0.717) is 19.6 Å². The van der Waals surface area contributed by atoms with Crippen LogP contribution < -0.4 is 10.6 Å². The third-order valence-electron chi connectivity index (χ3n) is 3.75. The Morgan fingerprint density at radius 1 is 1.04 bits per heavy atom. The van der Waals surface area contributed by atoms with E-state index in [1.807, 2.05) is 60.7 Å². The number of benzene rings is 2. The van der Waals surface area contributed by atoms with Gasteiger partial charge < -0.3 is 10.6 Å². The van der Waals surface area contributed by atoms with Crippen LogP contribution in [0, 0.1) is 0 Å².